The molecule has 2 rings (SSSR count). The molecule has 68 valence electrons. The lowest BCUT2D eigenvalue weighted by molar-refractivity contribution is -0.111. The van der Waals surface area contributed by atoms with Crippen molar-refractivity contribution in [2.24, 2.45) is 0 Å². The zero-order valence-electron chi connectivity index (χ0n) is 7.07. The summed E-state index contributed by atoms with van der Waals surface area (Å²) in [5, 5.41) is 12.3. The molecule has 1 atom stereocenters. The van der Waals surface area contributed by atoms with E-state index in [4.69, 9.17) is 0 Å². The first kappa shape index (κ1) is 8.44. The van der Waals surface area contributed by atoms with Gasteiger partial charge < -0.3 is 10.4 Å². The summed E-state index contributed by atoms with van der Waals surface area (Å²) in [5.74, 6) is 0.216. The molecule has 2 N–H and O–H groups in total. The van der Waals surface area contributed by atoms with Gasteiger partial charge in [-0.15, -0.1) is 0 Å². The Morgan fingerprint density at radius 3 is 3.08 bits per heavy atom. The molecule has 1 aromatic rings. The fraction of sp³-hybridized carbons (Fsp3) is 0.222. The van der Waals surface area contributed by atoms with Gasteiger partial charge in [0, 0.05) is 11.0 Å². The molecule has 0 aliphatic carbocycles. The van der Waals surface area contributed by atoms with Crippen molar-refractivity contribution >= 4 is 22.6 Å². The standard InChI is InChI=1S/C9H9NO2S/c1-5-9(12)13-8-3-2-6(11)4-7(8)10-5/h2-5,10-11H,1H3. The first-order chi connectivity index (χ1) is 6.16. The minimum Gasteiger partial charge on any atom is -0.508 e. The number of phenolic OH excluding ortho intramolecular Hbond substituents is 1. The second-order valence-corrected chi connectivity index (χ2v) is 4.01. The van der Waals surface area contributed by atoms with Gasteiger partial charge in [-0.2, -0.15) is 0 Å². The molecule has 1 heterocycles. The molecular formula is C9H9NO2S. The van der Waals surface area contributed by atoms with Crippen molar-refractivity contribution in [1.29, 1.82) is 0 Å². The summed E-state index contributed by atoms with van der Waals surface area (Å²) >= 11 is 1.22. The van der Waals surface area contributed by atoms with E-state index >= 15 is 0 Å². The van der Waals surface area contributed by atoms with Crippen LogP contribution in [0.3, 0.4) is 0 Å². The number of hydrogen-bond acceptors (Lipinski definition) is 4. The van der Waals surface area contributed by atoms with Crippen LogP contribution in [0.4, 0.5) is 5.69 Å². The van der Waals surface area contributed by atoms with Gasteiger partial charge in [-0.1, -0.05) is 0 Å². The summed E-state index contributed by atoms with van der Waals surface area (Å²) in [6, 6.07) is 4.77. The highest BCUT2D eigenvalue weighted by Crippen LogP contribution is 2.35. The van der Waals surface area contributed by atoms with Crippen LogP contribution in [-0.4, -0.2) is 16.3 Å². The average molecular weight is 195 g/mol. The molecule has 1 aliphatic rings. The van der Waals surface area contributed by atoms with Gasteiger partial charge >= 0.3 is 0 Å². The number of carbonyl (C=O) groups is 1. The van der Waals surface area contributed by atoms with Crippen LogP contribution in [-0.2, 0) is 4.79 Å². The van der Waals surface area contributed by atoms with Gasteiger partial charge in [0.2, 0.25) is 5.12 Å². The molecule has 3 nitrogen and oxygen atoms in total. The Labute approximate surface area is 80.1 Å². The zero-order chi connectivity index (χ0) is 9.42. The van der Waals surface area contributed by atoms with Crippen LogP contribution in [0.25, 0.3) is 0 Å². The maximum absolute atomic E-state index is 11.3. The Morgan fingerprint density at radius 2 is 2.31 bits per heavy atom. The number of rotatable bonds is 0. The van der Waals surface area contributed by atoms with E-state index in [1.807, 2.05) is 6.92 Å². The summed E-state index contributed by atoms with van der Waals surface area (Å²) in [4.78, 5) is 12.2. The zero-order valence-corrected chi connectivity index (χ0v) is 7.89. The van der Waals surface area contributed by atoms with Gasteiger partial charge in [0.25, 0.3) is 0 Å². The van der Waals surface area contributed by atoms with E-state index in [0.717, 1.165) is 10.6 Å². The molecule has 0 spiro atoms. The summed E-state index contributed by atoms with van der Waals surface area (Å²) in [6.07, 6.45) is 0. The van der Waals surface area contributed by atoms with Crippen molar-refractivity contribution in [3.8, 4) is 5.75 Å². The van der Waals surface area contributed by atoms with Crippen LogP contribution < -0.4 is 5.32 Å². The number of phenols is 1. The van der Waals surface area contributed by atoms with Crippen LogP contribution >= 0.6 is 11.8 Å². The molecule has 0 fully saturated rings. The number of aromatic hydroxyl groups is 1. The van der Waals surface area contributed by atoms with Crippen molar-refractivity contribution in [1.82, 2.24) is 0 Å². The second kappa shape index (κ2) is 2.96. The number of thioether (sulfide) groups is 1. The average Bonchev–Trinajstić information content (AvgIpc) is 2.08. The molecule has 4 heteroatoms. The lowest BCUT2D eigenvalue weighted by atomic mass is 10.2. The van der Waals surface area contributed by atoms with Gasteiger partial charge in [0.1, 0.15) is 5.75 Å². The molecule has 13 heavy (non-hydrogen) atoms. The van der Waals surface area contributed by atoms with Gasteiger partial charge in [-0.25, -0.2) is 0 Å². The van der Waals surface area contributed by atoms with E-state index in [0.29, 0.717) is 0 Å². The molecular weight excluding hydrogens is 186 g/mol. The Balaban J connectivity index is 2.42. The third-order valence-electron chi connectivity index (χ3n) is 1.90. The third-order valence-corrected chi connectivity index (χ3v) is 3.03. The Hall–Kier alpha value is -1.16. The fourth-order valence-corrected chi connectivity index (χ4v) is 2.03. The lowest BCUT2D eigenvalue weighted by Gasteiger charge is -2.21. The van der Waals surface area contributed by atoms with Crippen molar-refractivity contribution in [2.75, 3.05) is 5.32 Å². The molecule has 0 aromatic heterocycles. The molecule has 1 unspecified atom stereocenters. The lowest BCUT2D eigenvalue weighted by Crippen LogP contribution is -2.27. The molecule has 1 aromatic carbocycles. The van der Waals surface area contributed by atoms with E-state index in [2.05, 4.69) is 5.32 Å². The molecule has 0 saturated carbocycles. The predicted molar refractivity (Wildman–Crippen MR) is 52.1 cm³/mol. The number of hydrogen-bond donors (Lipinski definition) is 2. The van der Waals surface area contributed by atoms with Crippen LogP contribution in [0.15, 0.2) is 23.1 Å². The molecule has 1 aliphatic heterocycles. The molecule has 0 radical (unpaired) electrons. The molecule has 0 bridgehead atoms. The number of carbonyl (C=O) groups excluding carboxylic acids is 1. The summed E-state index contributed by atoms with van der Waals surface area (Å²) in [7, 11) is 0. The summed E-state index contributed by atoms with van der Waals surface area (Å²) < 4.78 is 0. The van der Waals surface area contributed by atoms with Gasteiger partial charge in [0.15, 0.2) is 0 Å². The summed E-state index contributed by atoms with van der Waals surface area (Å²) in [5.41, 5.74) is 0.831. The second-order valence-electron chi connectivity index (χ2n) is 2.97. The van der Waals surface area contributed by atoms with Crippen molar-refractivity contribution in [3.05, 3.63) is 18.2 Å². The van der Waals surface area contributed by atoms with E-state index in [1.54, 1.807) is 18.2 Å². The normalized spacial score (nSPS) is 20.7. The van der Waals surface area contributed by atoms with E-state index in [9.17, 15) is 9.90 Å². The minimum absolute atomic E-state index is 0.109. The predicted octanol–water partition coefficient (Wildman–Crippen LogP) is 1.82. The minimum atomic E-state index is -0.181. The van der Waals surface area contributed by atoms with Crippen LogP contribution in [0, 0.1) is 0 Å². The quantitative estimate of drug-likeness (QED) is 0.663. The maximum atomic E-state index is 11.3. The smallest absolute Gasteiger partial charge is 0.215 e. The van der Waals surface area contributed by atoms with Gasteiger partial charge in [-0.05, 0) is 30.8 Å². The SMILES string of the molecule is CC1Nc2cc(O)ccc2SC1=O. The highest BCUT2D eigenvalue weighted by Gasteiger charge is 2.22. The van der Waals surface area contributed by atoms with Gasteiger partial charge in [-0.3, -0.25) is 4.79 Å². The van der Waals surface area contributed by atoms with Crippen LogP contribution in [0.5, 0.6) is 5.75 Å². The van der Waals surface area contributed by atoms with E-state index < -0.39 is 0 Å². The summed E-state index contributed by atoms with van der Waals surface area (Å²) in [6.45, 7) is 1.81. The molecule has 0 amide bonds. The Kier molecular flexibility index (Phi) is 1.92. The number of anilines is 1. The maximum Gasteiger partial charge on any atom is 0.215 e. The number of nitrogens with one attached hydrogen (secondary N) is 1. The highest BCUT2D eigenvalue weighted by atomic mass is 32.2. The van der Waals surface area contributed by atoms with Gasteiger partial charge in [0.05, 0.1) is 11.7 Å². The number of benzene rings is 1. The number of fused-ring (bicyclic) bond motifs is 1. The van der Waals surface area contributed by atoms with Crippen molar-refractivity contribution in [3.63, 3.8) is 0 Å². The Bertz CT molecular complexity index is 365. The van der Waals surface area contributed by atoms with Crippen molar-refractivity contribution < 1.29 is 9.90 Å². The molecule has 0 saturated heterocycles. The highest BCUT2D eigenvalue weighted by molar-refractivity contribution is 8.14. The van der Waals surface area contributed by atoms with Crippen molar-refractivity contribution in [2.45, 2.75) is 17.9 Å². The van der Waals surface area contributed by atoms with Crippen LogP contribution in [0.2, 0.25) is 0 Å². The van der Waals surface area contributed by atoms with E-state index in [-0.39, 0.29) is 16.9 Å². The first-order valence-corrected chi connectivity index (χ1v) is 4.80. The monoisotopic (exact) mass is 195 g/mol. The van der Waals surface area contributed by atoms with Crippen LogP contribution in [0.1, 0.15) is 6.92 Å². The van der Waals surface area contributed by atoms with E-state index in [1.165, 1.54) is 11.8 Å². The fourth-order valence-electron chi connectivity index (χ4n) is 1.21. The topological polar surface area (TPSA) is 49.3 Å². The third kappa shape index (κ3) is 1.49. The largest absolute Gasteiger partial charge is 0.508 e. The Morgan fingerprint density at radius 1 is 1.54 bits per heavy atom. The first-order valence-electron chi connectivity index (χ1n) is 3.98.